The summed E-state index contributed by atoms with van der Waals surface area (Å²) in [7, 11) is -3.80. The largest absolute Gasteiger partial charge is 0.467 e. The highest BCUT2D eigenvalue weighted by Gasteiger charge is 2.45. The van der Waals surface area contributed by atoms with Crippen molar-refractivity contribution >= 4 is 33.7 Å². The van der Waals surface area contributed by atoms with Gasteiger partial charge in [0.1, 0.15) is 17.6 Å². The first-order valence-corrected chi connectivity index (χ1v) is 14.9. The number of esters is 1. The number of carbonyl (C=O) groups excluding carboxylic acids is 2. The molecule has 3 aromatic rings. The van der Waals surface area contributed by atoms with Crippen LogP contribution in [0.15, 0.2) is 85.5 Å². The number of furan rings is 2. The van der Waals surface area contributed by atoms with Crippen molar-refractivity contribution in [3.05, 3.63) is 83.7 Å². The Morgan fingerprint density at radius 1 is 1.05 bits per heavy atom. The first-order chi connectivity index (χ1) is 19.9. The molecule has 2 atom stereocenters. The van der Waals surface area contributed by atoms with Crippen molar-refractivity contribution in [3.8, 4) is 0 Å². The van der Waals surface area contributed by atoms with Gasteiger partial charge in [0, 0.05) is 19.0 Å². The molecule has 0 N–H and O–H groups in total. The van der Waals surface area contributed by atoms with Gasteiger partial charge in [-0.25, -0.2) is 18.2 Å². The highest BCUT2D eigenvalue weighted by molar-refractivity contribution is 7.89. The predicted molar refractivity (Wildman–Crippen MR) is 146 cm³/mol. The first kappa shape index (κ1) is 27.2. The molecule has 1 saturated carbocycles. The van der Waals surface area contributed by atoms with Gasteiger partial charge < -0.3 is 18.3 Å². The van der Waals surface area contributed by atoms with Crippen LogP contribution in [0.3, 0.4) is 0 Å². The van der Waals surface area contributed by atoms with E-state index in [0.717, 1.165) is 30.5 Å². The van der Waals surface area contributed by atoms with E-state index in [2.05, 4.69) is 0 Å². The van der Waals surface area contributed by atoms with Crippen LogP contribution >= 0.6 is 0 Å². The number of nitrogens with zero attached hydrogens (tertiary/aromatic N) is 3. The van der Waals surface area contributed by atoms with Crippen LogP contribution in [0.5, 0.6) is 0 Å². The van der Waals surface area contributed by atoms with Crippen molar-refractivity contribution in [3.63, 3.8) is 0 Å². The summed E-state index contributed by atoms with van der Waals surface area (Å²) in [5, 5.41) is 6.04. The van der Waals surface area contributed by atoms with Crippen LogP contribution in [0, 0.1) is 5.92 Å². The maximum absolute atomic E-state index is 13.4. The van der Waals surface area contributed by atoms with E-state index in [1.54, 1.807) is 24.7 Å². The molecule has 41 heavy (non-hydrogen) atoms. The summed E-state index contributed by atoms with van der Waals surface area (Å²) in [6.45, 7) is 0.519. The van der Waals surface area contributed by atoms with Gasteiger partial charge in [-0.1, -0.05) is 6.07 Å². The van der Waals surface area contributed by atoms with Crippen LogP contribution in [0.25, 0.3) is 6.08 Å². The topological polar surface area (TPSA) is 132 Å². The van der Waals surface area contributed by atoms with Gasteiger partial charge in [-0.2, -0.15) is 9.41 Å². The van der Waals surface area contributed by atoms with E-state index < -0.39 is 34.5 Å². The monoisotopic (exact) mass is 579 g/mol. The molecule has 3 aliphatic rings. The molecule has 0 radical (unpaired) electrons. The van der Waals surface area contributed by atoms with Crippen LogP contribution in [-0.4, -0.2) is 68.2 Å². The van der Waals surface area contributed by atoms with Crippen molar-refractivity contribution < 1.29 is 36.3 Å². The number of carbonyl (C=O) groups is 2. The number of benzene rings is 1. The van der Waals surface area contributed by atoms with Crippen LogP contribution in [0.4, 0.5) is 0 Å². The van der Waals surface area contributed by atoms with Crippen molar-refractivity contribution in [2.75, 3.05) is 32.9 Å². The van der Waals surface area contributed by atoms with Gasteiger partial charge in [0.2, 0.25) is 10.0 Å². The Labute approximate surface area is 237 Å². The molecule has 1 aliphatic carbocycles. The number of fused-ring (bicyclic) bond motifs is 1. The number of sulfonamides is 1. The Kier molecular flexibility index (Phi) is 7.61. The van der Waals surface area contributed by atoms with Gasteiger partial charge in [-0.05, 0) is 73.4 Å². The van der Waals surface area contributed by atoms with Crippen LogP contribution in [0.2, 0.25) is 0 Å². The second kappa shape index (κ2) is 11.5. The molecule has 1 saturated heterocycles. The van der Waals surface area contributed by atoms with Crippen molar-refractivity contribution in [1.82, 2.24) is 9.31 Å². The third-order valence-corrected chi connectivity index (χ3v) is 9.35. The lowest BCUT2D eigenvalue weighted by molar-refractivity contribution is -0.137. The minimum absolute atomic E-state index is 0.0241. The molecule has 0 spiro atoms. The SMILES string of the molecule is O=C(OCC(=O)N1N=C2/C(=C\c3ccco3)CCC[C@@H]2[C@H]1c1ccco1)c1cccc(S(=O)(=O)N2CCOCC2)c1. The summed E-state index contributed by atoms with van der Waals surface area (Å²) in [5.74, 6) is -0.119. The Hall–Kier alpha value is -4.00. The fraction of sp³-hybridized carbons (Fsp3) is 0.345. The minimum Gasteiger partial charge on any atom is -0.467 e. The lowest BCUT2D eigenvalue weighted by Crippen LogP contribution is -2.40. The third-order valence-electron chi connectivity index (χ3n) is 7.46. The summed E-state index contributed by atoms with van der Waals surface area (Å²) in [4.78, 5) is 26.3. The third kappa shape index (κ3) is 5.50. The normalized spacial score (nSPS) is 22.4. The Morgan fingerprint density at radius 3 is 2.61 bits per heavy atom. The number of hydrazone groups is 1. The molecule has 2 fully saturated rings. The summed E-state index contributed by atoms with van der Waals surface area (Å²) in [5.41, 5.74) is 1.80. The molecule has 1 amide bonds. The van der Waals surface area contributed by atoms with Gasteiger partial charge in [0.15, 0.2) is 6.61 Å². The number of morpholine rings is 1. The summed E-state index contributed by atoms with van der Waals surface area (Å²) in [6.07, 6.45) is 7.61. The summed E-state index contributed by atoms with van der Waals surface area (Å²) >= 11 is 0. The van der Waals surface area contributed by atoms with Gasteiger partial charge in [0.25, 0.3) is 5.91 Å². The molecule has 11 nitrogen and oxygen atoms in total. The Morgan fingerprint density at radius 2 is 1.85 bits per heavy atom. The van der Waals surface area contributed by atoms with Crippen LogP contribution in [0.1, 0.15) is 47.2 Å². The van der Waals surface area contributed by atoms with E-state index in [9.17, 15) is 18.0 Å². The Bertz CT molecular complexity index is 1570. The zero-order valence-corrected chi connectivity index (χ0v) is 23.0. The first-order valence-electron chi connectivity index (χ1n) is 13.5. The van der Waals surface area contributed by atoms with Crippen molar-refractivity contribution in [2.24, 2.45) is 11.0 Å². The fourth-order valence-corrected chi connectivity index (χ4v) is 6.94. The molecular formula is C29H29N3O8S. The molecule has 12 heteroatoms. The zero-order valence-electron chi connectivity index (χ0n) is 22.2. The average molecular weight is 580 g/mol. The van der Waals surface area contributed by atoms with Crippen LogP contribution < -0.4 is 0 Å². The van der Waals surface area contributed by atoms with Gasteiger partial charge in [-0.15, -0.1) is 0 Å². The highest BCUT2D eigenvalue weighted by atomic mass is 32.2. The highest BCUT2D eigenvalue weighted by Crippen LogP contribution is 2.44. The minimum atomic E-state index is -3.80. The van der Waals surface area contributed by atoms with Gasteiger partial charge in [0.05, 0.1) is 41.9 Å². The van der Waals surface area contributed by atoms with E-state index in [4.69, 9.17) is 23.4 Å². The fourth-order valence-electron chi connectivity index (χ4n) is 5.49. The Balaban J connectivity index is 1.20. The maximum atomic E-state index is 13.4. The van der Waals surface area contributed by atoms with E-state index in [-0.39, 0.29) is 29.5 Å². The van der Waals surface area contributed by atoms with E-state index in [1.165, 1.54) is 33.6 Å². The lowest BCUT2D eigenvalue weighted by Gasteiger charge is -2.27. The number of allylic oxidation sites excluding steroid dienone is 1. The maximum Gasteiger partial charge on any atom is 0.338 e. The number of amides is 1. The molecule has 1 aromatic carbocycles. The molecule has 214 valence electrons. The summed E-state index contributed by atoms with van der Waals surface area (Å²) in [6, 6.07) is 12.4. The molecule has 2 aromatic heterocycles. The molecule has 4 heterocycles. The van der Waals surface area contributed by atoms with Gasteiger partial charge >= 0.3 is 5.97 Å². The quantitative estimate of drug-likeness (QED) is 0.386. The zero-order chi connectivity index (χ0) is 28.4. The van der Waals surface area contributed by atoms with E-state index >= 15 is 0 Å². The molecule has 6 rings (SSSR count). The average Bonchev–Trinajstić information content (AvgIpc) is 3.78. The van der Waals surface area contributed by atoms with E-state index in [0.29, 0.717) is 24.7 Å². The second-order valence-electron chi connectivity index (χ2n) is 9.99. The number of ether oxygens (including phenoxy) is 2. The lowest BCUT2D eigenvalue weighted by atomic mass is 9.79. The molecule has 0 unspecified atom stereocenters. The van der Waals surface area contributed by atoms with Crippen molar-refractivity contribution in [1.29, 1.82) is 0 Å². The molecular weight excluding hydrogens is 550 g/mol. The molecule has 0 bridgehead atoms. The predicted octanol–water partition coefficient (Wildman–Crippen LogP) is 3.87. The van der Waals surface area contributed by atoms with Gasteiger partial charge in [-0.3, -0.25) is 4.79 Å². The molecule has 2 aliphatic heterocycles. The van der Waals surface area contributed by atoms with Crippen LogP contribution in [-0.2, 0) is 24.3 Å². The smallest absolute Gasteiger partial charge is 0.338 e. The number of hydrogen-bond acceptors (Lipinski definition) is 9. The summed E-state index contributed by atoms with van der Waals surface area (Å²) < 4.78 is 49.2. The standard InChI is InChI=1S/C29H29N3O8S/c33-26(19-40-29(34)21-6-1-8-23(18-21)41(35,36)31-11-15-37-16-12-31)32-28(25-10-4-14-39-25)24-9-2-5-20(27(24)30-32)17-22-7-3-13-38-22/h1,3-4,6-8,10,13-14,17-18,24,28H,2,5,9,11-12,15-16,19H2/b20-17-/t24-,28-/m0/s1. The number of rotatable bonds is 7. The second-order valence-corrected chi connectivity index (χ2v) is 11.9. The van der Waals surface area contributed by atoms with E-state index in [1.807, 2.05) is 18.2 Å². The number of hydrogen-bond donors (Lipinski definition) is 0. The van der Waals surface area contributed by atoms with Crippen molar-refractivity contribution in [2.45, 2.75) is 30.2 Å².